The van der Waals surface area contributed by atoms with Gasteiger partial charge in [0.2, 0.25) is 23.6 Å². The summed E-state index contributed by atoms with van der Waals surface area (Å²) in [7, 11) is -1.90. The third kappa shape index (κ3) is 11.5. The Morgan fingerprint density at radius 3 is 1.73 bits per heavy atom. The molecule has 8 amide bonds. The first-order chi connectivity index (χ1) is 46.1. The Kier molecular flexibility index (Phi) is 18.9. The quantitative estimate of drug-likeness (QED) is 0.0119. The lowest BCUT2D eigenvalue weighted by Crippen LogP contribution is -3.12. The molecule has 4 heterocycles. The number of nitrogens with two attached hydrogens (primary N) is 2. The van der Waals surface area contributed by atoms with E-state index in [1.165, 1.54) is 29.8 Å². The molecule has 8 aliphatic rings. The number of halogens is 2. The highest BCUT2D eigenvalue weighted by atomic mass is 35.5. The summed E-state index contributed by atoms with van der Waals surface area (Å²) in [4.78, 5) is 155. The van der Waals surface area contributed by atoms with Crippen LogP contribution in [0.15, 0.2) is 48.8 Å². The number of ether oxygens (including phenoxy) is 2. The number of aromatic nitrogens is 2. The largest absolute Gasteiger partial charge is 0.524 e. The zero-order chi connectivity index (χ0) is 69.6. The van der Waals surface area contributed by atoms with Gasteiger partial charge in [-0.1, -0.05) is 32.4 Å². The van der Waals surface area contributed by atoms with E-state index in [4.69, 9.17) is 48.7 Å². The smallest absolute Gasteiger partial charge is 0.445 e. The van der Waals surface area contributed by atoms with Crippen LogP contribution in [-0.4, -0.2) is 154 Å². The molecule has 0 saturated heterocycles. The number of phosphoric ester groups is 1. The maximum Gasteiger partial charge on any atom is 0.524 e. The number of alkyl halides is 2. The van der Waals surface area contributed by atoms with Crippen molar-refractivity contribution in [1.82, 2.24) is 30.4 Å². The number of unbranched alkanes of at least 4 members (excludes halogenated alkanes) is 1. The first kappa shape index (κ1) is 69.2. The van der Waals surface area contributed by atoms with Crippen LogP contribution in [0.4, 0.5) is 31.4 Å². The number of phosphoric acid groups is 1. The maximum absolute atomic E-state index is 15.4. The molecule has 97 heavy (non-hydrogen) atoms. The number of carbonyl (C=O) groups is 9. The Morgan fingerprint density at radius 2 is 1.24 bits per heavy atom. The van der Waals surface area contributed by atoms with Crippen molar-refractivity contribution in [2.24, 2.45) is 75.6 Å². The summed E-state index contributed by atoms with van der Waals surface area (Å²) in [6.07, 6.45) is 4.25. The van der Waals surface area contributed by atoms with E-state index in [9.17, 15) is 47.9 Å². The molecule has 6 aliphatic carbocycles. The fourth-order valence-corrected chi connectivity index (χ4v) is 18.9. The van der Waals surface area contributed by atoms with Gasteiger partial charge < -0.3 is 75.8 Å². The standard InChI is InChI=1S/C68H84Cl2N11O15P/c1-32(2)57(77-61(85)37(21-35(5)82)11-8-9-17-71)44(83)22-38(12-10-18-73-64(72)88)60(84)76-41-15-13-36(14-16-41)31-94-65(89)78(6)19-20-79(7)66(90)95-45-23-42-49(47-33(3)27-74-58(45)47)39(25-69)29-80(42)62(86)67-51-54-52(67)56-53(67)55(51)68(54,56)63(87)81-30-40(26-70)50-43(81)24-46(96-97(91,92)93)59-48(50)34(4)28-75-59/h13-16,23-24,27-28,32,37-40,51-57,74-75H,8-12,17-22,25-26,29-31,71H2,1-7H3,(H,76,84)(H,77,85)(H3,72,73,88)(H2,91,92,93)/t37-,38-,39-,40-,51?,52?,53?,54?,55?,56?,57+,67?,68?/m1/s1. The van der Waals surface area contributed by atoms with Crippen LogP contribution in [0.1, 0.15) is 105 Å². The lowest BCUT2D eigenvalue weighted by atomic mass is 8.92. The van der Waals surface area contributed by atoms with Gasteiger partial charge in [-0.3, -0.25) is 33.8 Å². The minimum absolute atomic E-state index is 0.00341. The van der Waals surface area contributed by atoms with E-state index in [0.29, 0.717) is 79.0 Å². The van der Waals surface area contributed by atoms with Crippen LogP contribution in [0.2, 0.25) is 0 Å². The van der Waals surface area contributed by atoms with Gasteiger partial charge in [0.15, 0.2) is 17.3 Å². The number of aromatic amines is 2. The number of benzene rings is 3. The normalized spacial score (nSPS) is 24.8. The first-order valence-electron chi connectivity index (χ1n) is 33.2. The van der Waals surface area contributed by atoms with Gasteiger partial charge >= 0.3 is 26.0 Å². The number of urea groups is 1. The second-order valence-corrected chi connectivity index (χ2v) is 29.8. The van der Waals surface area contributed by atoms with E-state index in [1.807, 2.05) is 24.9 Å². The maximum atomic E-state index is 15.4. The summed E-state index contributed by atoms with van der Waals surface area (Å²) in [5.74, 6) is -2.95. The Balaban J connectivity index is 0.649. The highest BCUT2D eigenvalue weighted by Gasteiger charge is 3.13. The lowest BCUT2D eigenvalue weighted by molar-refractivity contribution is -0.623. The predicted octanol–water partition coefficient (Wildman–Crippen LogP) is 8.04. The van der Waals surface area contributed by atoms with Crippen molar-refractivity contribution in [3.63, 3.8) is 0 Å². The number of nitrogens with zero attached hydrogens (tertiary/aromatic N) is 4. The molecule has 2 aromatic heterocycles. The van der Waals surface area contributed by atoms with Crippen molar-refractivity contribution in [3.8, 4) is 11.5 Å². The van der Waals surface area contributed by atoms with Gasteiger partial charge in [-0.05, 0) is 134 Å². The van der Waals surface area contributed by atoms with Crippen LogP contribution in [0, 0.1) is 77.9 Å². The van der Waals surface area contributed by atoms with Crippen molar-refractivity contribution < 1.29 is 71.5 Å². The van der Waals surface area contributed by atoms with Crippen LogP contribution in [0.25, 0.3) is 21.8 Å². The van der Waals surface area contributed by atoms with Crippen molar-refractivity contribution in [1.29, 1.82) is 0 Å². The molecule has 6 fully saturated rings. The molecule has 0 radical (unpaired) electrons. The molecule has 5 atom stereocenters. The Labute approximate surface area is 570 Å². The van der Waals surface area contributed by atoms with Gasteiger partial charge in [0.05, 0.1) is 39.3 Å². The fourth-order valence-electron chi connectivity index (χ4n) is 18.0. The van der Waals surface area contributed by atoms with Gasteiger partial charge in [0.25, 0.3) is 0 Å². The summed E-state index contributed by atoms with van der Waals surface area (Å²) in [5.41, 5.74) is 16.2. The number of amides is 8. The topological polar surface area (TPSA) is 372 Å². The number of aryl methyl sites for hydroxylation is 2. The lowest BCUT2D eigenvalue weighted by Gasteiger charge is -3.09. The van der Waals surface area contributed by atoms with Crippen LogP contribution >= 0.6 is 31.0 Å². The van der Waals surface area contributed by atoms with E-state index >= 15 is 9.59 Å². The van der Waals surface area contributed by atoms with E-state index in [-0.39, 0.29) is 145 Å². The molecule has 0 unspecified atom stereocenters. The highest BCUT2D eigenvalue weighted by molar-refractivity contribution is 7.46. The number of hydrogen-bond donors (Lipinski definition) is 9. The zero-order valence-corrected chi connectivity index (χ0v) is 57.6. The number of primary amides is 1. The summed E-state index contributed by atoms with van der Waals surface area (Å²) in [6, 6.07) is 8.18. The van der Waals surface area contributed by atoms with Crippen molar-refractivity contribution in [2.45, 2.75) is 104 Å². The molecule has 13 rings (SSSR count). The average Bonchev–Trinajstić information content (AvgIpc) is 0.620. The SMILES string of the molecule is CC(=O)C[C@@H](CCCCN)C(=O)N[C@H](C(=O)C[C@@H](CCCNC(N)=O)C(=O)Nc1ccc(COC(=O)N(C)CCN(C)C(=O)Oc2cc3c(c4c(C)c[nH]c24)[C@H](CCl)CN3C(=O)C23C4C5C2C2C3C4C52C(=O)N2C[C@@H](CCl)c3c2cc(OP(=O)(O)O)c2[nH]cc(C)c32)cc1)C(C)C. The third-order valence-electron chi connectivity index (χ3n) is 22.2. The van der Waals surface area contributed by atoms with Gasteiger partial charge in [0.1, 0.15) is 12.4 Å². The molecular formula is C68H84Cl2N11O15P. The molecule has 29 heteroatoms. The van der Waals surface area contributed by atoms with Crippen LogP contribution in [0.3, 0.4) is 0 Å². The molecule has 11 N–H and O–H groups in total. The van der Waals surface area contributed by atoms with E-state index in [0.717, 1.165) is 33.0 Å². The number of ketones is 2. The summed E-state index contributed by atoms with van der Waals surface area (Å²) in [6.45, 7) is 10.0. The van der Waals surface area contributed by atoms with Crippen LogP contribution in [-0.2, 0) is 44.7 Å². The molecular weight excluding hydrogens is 1310 g/mol. The van der Waals surface area contributed by atoms with E-state index < -0.39 is 66.6 Å². The van der Waals surface area contributed by atoms with Crippen LogP contribution in [0.5, 0.6) is 11.5 Å². The van der Waals surface area contributed by atoms with Crippen molar-refractivity contribution in [2.75, 3.05) is 80.2 Å². The molecule has 6 saturated carbocycles. The van der Waals surface area contributed by atoms with Gasteiger partial charge in [-0.25, -0.2) is 18.9 Å². The Morgan fingerprint density at radius 1 is 0.732 bits per heavy atom. The molecule has 2 aliphatic heterocycles. The van der Waals surface area contributed by atoms with Gasteiger partial charge in [-0.2, -0.15) is 0 Å². The minimum atomic E-state index is -4.97. The second kappa shape index (κ2) is 26.5. The molecule has 26 nitrogen and oxygen atoms in total. The number of likely N-dealkylation sites (N-methyl/N-ethyl adjacent to an activating group) is 2. The van der Waals surface area contributed by atoms with Gasteiger partial charge in [0, 0.05) is 136 Å². The van der Waals surface area contributed by atoms with E-state index in [1.54, 1.807) is 62.3 Å². The monoisotopic (exact) mass is 1400 g/mol. The van der Waals surface area contributed by atoms with E-state index in [2.05, 4.69) is 25.9 Å². The molecule has 0 bridgehead atoms. The number of hydrogen-bond acceptors (Lipinski definition) is 14. The molecule has 5 aromatic rings. The number of fused-ring (bicyclic) bond motifs is 6. The number of nitrogens with one attached hydrogen (secondary N) is 5. The average molecular weight is 1400 g/mol. The van der Waals surface area contributed by atoms with Crippen molar-refractivity contribution in [3.05, 3.63) is 76.6 Å². The number of Topliss-reactive ketones (excluding diaryl/α,β-unsaturated/α-hetero) is 2. The number of H-pyrrole nitrogens is 2. The highest BCUT2D eigenvalue weighted by Crippen LogP contribution is 3.10. The van der Waals surface area contributed by atoms with Crippen molar-refractivity contribution >= 4 is 123 Å². The number of carbonyl (C=O) groups excluding carboxylic acids is 9. The summed E-state index contributed by atoms with van der Waals surface area (Å²) >= 11 is 13.3. The summed E-state index contributed by atoms with van der Waals surface area (Å²) in [5, 5.41) is 9.74. The summed E-state index contributed by atoms with van der Waals surface area (Å²) < 4.78 is 29.1. The molecule has 520 valence electrons. The number of rotatable bonds is 30. The second-order valence-electron chi connectivity index (χ2n) is 28.1. The molecule has 3 aromatic carbocycles. The zero-order valence-electron chi connectivity index (χ0n) is 55.2. The molecule has 0 spiro atoms. The van der Waals surface area contributed by atoms with Gasteiger partial charge in [-0.15, -0.1) is 23.2 Å². The predicted molar refractivity (Wildman–Crippen MR) is 361 cm³/mol. The third-order valence-corrected chi connectivity index (χ3v) is 23.4. The fraction of sp³-hybridized carbons (Fsp3) is 0.544. The Bertz CT molecular complexity index is 4040. The van der Waals surface area contributed by atoms with Crippen LogP contribution < -0.4 is 46.5 Å². The Hall–Kier alpha value is -7.74. The number of anilines is 3. The first-order valence-corrected chi connectivity index (χ1v) is 35.8. The minimum Gasteiger partial charge on any atom is -0.445 e.